The molecule has 41 heavy (non-hydrogen) atoms. The lowest BCUT2D eigenvalue weighted by Crippen LogP contribution is -2.41. The summed E-state index contributed by atoms with van der Waals surface area (Å²) in [5.41, 5.74) is -1.99. The van der Waals surface area contributed by atoms with E-state index in [-0.39, 0.29) is 27.6 Å². The average Bonchev–Trinajstić information content (AvgIpc) is 3.20. The SMILES string of the molecule is CCOC(=O)C1=C(C(F)(F)F)N=c2s/c(=C\c3cc(I)c(OC(C)C)c(OCC)c3)c(=O)n2[C@@H]1c1ccc(Cl)cc1. The number of hydrogen-bond donors (Lipinski definition) is 0. The maximum absolute atomic E-state index is 14.3. The Labute approximate surface area is 256 Å². The van der Waals surface area contributed by atoms with Crippen LogP contribution in [-0.2, 0) is 9.53 Å². The maximum Gasteiger partial charge on any atom is 0.434 e. The third-order valence-corrected chi connectivity index (χ3v) is 7.80. The lowest BCUT2D eigenvalue weighted by atomic mass is 9.95. The number of nitrogens with zero attached hydrogens (tertiary/aromatic N) is 2. The van der Waals surface area contributed by atoms with E-state index in [9.17, 15) is 22.8 Å². The summed E-state index contributed by atoms with van der Waals surface area (Å²) >= 11 is 8.90. The third kappa shape index (κ3) is 6.64. The van der Waals surface area contributed by atoms with E-state index >= 15 is 0 Å². The van der Waals surface area contributed by atoms with Crippen LogP contribution in [-0.4, -0.2) is 36.0 Å². The number of fused-ring (bicyclic) bond motifs is 1. The standard InChI is InChI=1S/C28H25ClF3IN2O5S/c1-5-38-19-12-15(11-18(33)23(19)40-14(3)4)13-20-25(36)35-22(16-7-9-17(29)10-8-16)21(26(37)39-6-2)24(28(30,31)32)34-27(35)41-20/h7-14,22H,5-6H2,1-4H3/b20-13-/t22-/m1/s1. The fourth-order valence-corrected chi connectivity index (χ4v) is 6.12. The first kappa shape index (κ1) is 31.1. The number of rotatable bonds is 8. The number of halogens is 5. The van der Waals surface area contributed by atoms with Crippen LogP contribution in [0.15, 0.2) is 57.5 Å². The van der Waals surface area contributed by atoms with Crippen molar-refractivity contribution in [1.82, 2.24) is 4.57 Å². The number of carbonyl (C=O) groups is 1. The van der Waals surface area contributed by atoms with Crippen LogP contribution in [0.5, 0.6) is 11.5 Å². The van der Waals surface area contributed by atoms with Crippen molar-refractivity contribution in [3.8, 4) is 11.5 Å². The van der Waals surface area contributed by atoms with Crippen molar-refractivity contribution in [2.24, 2.45) is 4.99 Å². The van der Waals surface area contributed by atoms with Gasteiger partial charge in [0.05, 0.1) is 39.0 Å². The highest BCUT2D eigenvalue weighted by Gasteiger charge is 2.45. The van der Waals surface area contributed by atoms with Gasteiger partial charge in [0.15, 0.2) is 22.0 Å². The van der Waals surface area contributed by atoms with Gasteiger partial charge in [0.2, 0.25) is 0 Å². The highest BCUT2D eigenvalue weighted by molar-refractivity contribution is 14.1. The summed E-state index contributed by atoms with van der Waals surface area (Å²) in [4.78, 5) is 30.3. The zero-order valence-corrected chi connectivity index (χ0v) is 26.1. The topological polar surface area (TPSA) is 79.1 Å². The van der Waals surface area contributed by atoms with Gasteiger partial charge in [0.1, 0.15) is 0 Å². The molecule has 0 fully saturated rings. The van der Waals surface area contributed by atoms with Gasteiger partial charge in [0, 0.05) is 5.02 Å². The van der Waals surface area contributed by atoms with Gasteiger partial charge < -0.3 is 14.2 Å². The zero-order valence-electron chi connectivity index (χ0n) is 22.3. The molecule has 0 radical (unpaired) electrons. The summed E-state index contributed by atoms with van der Waals surface area (Å²) in [7, 11) is 0. The Bertz CT molecular complexity index is 1680. The first-order valence-corrected chi connectivity index (χ1v) is 14.8. The van der Waals surface area contributed by atoms with E-state index in [0.29, 0.717) is 28.7 Å². The molecule has 4 rings (SSSR count). The predicted octanol–water partition coefficient (Wildman–Crippen LogP) is 5.78. The molecule has 3 aromatic rings. The second-order valence-electron chi connectivity index (χ2n) is 9.04. The summed E-state index contributed by atoms with van der Waals surface area (Å²) in [6, 6.07) is 7.91. The number of ether oxygens (including phenoxy) is 3. The largest absolute Gasteiger partial charge is 0.490 e. The van der Waals surface area contributed by atoms with Gasteiger partial charge in [-0.2, -0.15) is 13.2 Å². The molecular formula is C28H25ClF3IN2O5S. The number of carbonyl (C=O) groups excluding carboxylic acids is 1. The Morgan fingerprint density at radius 2 is 1.88 bits per heavy atom. The van der Waals surface area contributed by atoms with Gasteiger partial charge in [-0.05, 0) is 91.8 Å². The Morgan fingerprint density at radius 1 is 1.20 bits per heavy atom. The van der Waals surface area contributed by atoms with Gasteiger partial charge in [-0.1, -0.05) is 35.1 Å². The fourth-order valence-electron chi connectivity index (χ4n) is 4.24. The lowest BCUT2D eigenvalue weighted by molar-refractivity contribution is -0.140. The van der Waals surface area contributed by atoms with Crippen LogP contribution in [0, 0.1) is 3.57 Å². The summed E-state index contributed by atoms with van der Waals surface area (Å²) in [6.45, 7) is 7.28. The van der Waals surface area contributed by atoms with E-state index in [1.54, 1.807) is 18.2 Å². The number of hydrogen-bond acceptors (Lipinski definition) is 7. The highest BCUT2D eigenvalue weighted by Crippen LogP contribution is 2.39. The molecular weight excluding hydrogens is 696 g/mol. The van der Waals surface area contributed by atoms with Crippen LogP contribution >= 0.6 is 45.5 Å². The predicted molar refractivity (Wildman–Crippen MR) is 158 cm³/mol. The minimum absolute atomic E-state index is 0.110. The highest BCUT2D eigenvalue weighted by atomic mass is 127. The van der Waals surface area contributed by atoms with Crippen LogP contribution in [0.3, 0.4) is 0 Å². The van der Waals surface area contributed by atoms with Crippen molar-refractivity contribution in [2.75, 3.05) is 13.2 Å². The summed E-state index contributed by atoms with van der Waals surface area (Å²) < 4.78 is 61.5. The monoisotopic (exact) mass is 720 g/mol. The van der Waals surface area contributed by atoms with Gasteiger partial charge in [-0.15, -0.1) is 0 Å². The van der Waals surface area contributed by atoms with Gasteiger partial charge in [-0.3, -0.25) is 9.36 Å². The summed E-state index contributed by atoms with van der Waals surface area (Å²) in [6.07, 6.45) is -3.55. The van der Waals surface area contributed by atoms with Crippen LogP contribution in [0.2, 0.25) is 5.02 Å². The zero-order chi connectivity index (χ0) is 30.1. The minimum atomic E-state index is -4.99. The quantitative estimate of drug-likeness (QED) is 0.218. The molecule has 0 bridgehead atoms. The van der Waals surface area contributed by atoms with Gasteiger partial charge >= 0.3 is 12.1 Å². The third-order valence-electron chi connectivity index (χ3n) is 5.76. The molecule has 13 heteroatoms. The number of thiazole rings is 1. The Hall–Kier alpha value is -2.84. The van der Waals surface area contributed by atoms with E-state index in [1.807, 2.05) is 20.8 Å². The number of esters is 1. The summed E-state index contributed by atoms with van der Waals surface area (Å²) in [5, 5.41) is 0.337. The Morgan fingerprint density at radius 3 is 2.46 bits per heavy atom. The maximum atomic E-state index is 14.3. The van der Waals surface area contributed by atoms with E-state index < -0.39 is 35.0 Å². The molecule has 218 valence electrons. The van der Waals surface area contributed by atoms with Crippen LogP contribution in [0.4, 0.5) is 13.2 Å². The molecule has 0 spiro atoms. The molecule has 1 aliphatic heterocycles. The molecule has 1 aliphatic rings. The fraction of sp³-hybridized carbons (Fsp3) is 0.321. The number of allylic oxidation sites excluding steroid dienone is 1. The van der Waals surface area contributed by atoms with Crippen LogP contribution < -0.4 is 24.4 Å². The molecule has 0 unspecified atom stereocenters. The Balaban J connectivity index is 1.99. The number of aromatic nitrogens is 1. The minimum Gasteiger partial charge on any atom is -0.490 e. The van der Waals surface area contributed by atoms with E-state index in [4.69, 9.17) is 25.8 Å². The Kier molecular flexibility index (Phi) is 9.54. The molecule has 1 atom stereocenters. The second-order valence-corrected chi connectivity index (χ2v) is 11.7. The first-order chi connectivity index (χ1) is 19.3. The molecule has 1 aromatic heterocycles. The molecule has 7 nitrogen and oxygen atoms in total. The van der Waals surface area contributed by atoms with Crippen molar-refractivity contribution in [3.63, 3.8) is 0 Å². The van der Waals surface area contributed by atoms with E-state index in [0.717, 1.165) is 19.5 Å². The van der Waals surface area contributed by atoms with Gasteiger partial charge in [0.25, 0.3) is 5.56 Å². The molecule has 2 heterocycles. The van der Waals surface area contributed by atoms with Crippen molar-refractivity contribution in [2.45, 2.75) is 46.0 Å². The van der Waals surface area contributed by atoms with Crippen LogP contribution in [0.25, 0.3) is 6.08 Å². The lowest BCUT2D eigenvalue weighted by Gasteiger charge is -2.26. The second kappa shape index (κ2) is 12.6. The van der Waals surface area contributed by atoms with Crippen LogP contribution in [0.1, 0.15) is 44.9 Å². The van der Waals surface area contributed by atoms with Crippen molar-refractivity contribution < 1.29 is 32.2 Å². The first-order valence-electron chi connectivity index (χ1n) is 12.5. The number of benzene rings is 2. The van der Waals surface area contributed by atoms with Crippen molar-refractivity contribution in [3.05, 3.63) is 87.1 Å². The molecule has 0 N–H and O–H groups in total. The van der Waals surface area contributed by atoms with Crippen molar-refractivity contribution in [1.29, 1.82) is 0 Å². The normalized spacial score (nSPS) is 15.6. The smallest absolute Gasteiger partial charge is 0.434 e. The van der Waals surface area contributed by atoms with Gasteiger partial charge in [-0.25, -0.2) is 9.79 Å². The molecule has 0 amide bonds. The van der Waals surface area contributed by atoms with Crippen molar-refractivity contribution >= 4 is 57.6 Å². The molecule has 0 saturated carbocycles. The summed E-state index contributed by atoms with van der Waals surface area (Å²) in [5.74, 6) is -0.192. The number of alkyl halides is 3. The van der Waals surface area contributed by atoms with E-state index in [1.165, 1.54) is 31.2 Å². The average molecular weight is 721 g/mol. The molecule has 2 aromatic carbocycles. The molecule has 0 aliphatic carbocycles. The molecule has 0 saturated heterocycles. The van der Waals surface area contributed by atoms with E-state index in [2.05, 4.69) is 27.6 Å².